The van der Waals surface area contributed by atoms with Gasteiger partial charge in [0.25, 0.3) is 5.91 Å². The van der Waals surface area contributed by atoms with Crippen LogP contribution in [-0.2, 0) is 9.53 Å². The first-order chi connectivity index (χ1) is 8.77. The van der Waals surface area contributed by atoms with Crippen molar-refractivity contribution in [1.82, 2.24) is 4.72 Å². The summed E-state index contributed by atoms with van der Waals surface area (Å²) in [5.74, 6) is 1.81. The van der Waals surface area contributed by atoms with Crippen molar-refractivity contribution < 1.29 is 9.53 Å². The molecule has 1 rings (SSSR count). The molecule has 0 aromatic rings. The lowest BCUT2D eigenvalue weighted by Crippen LogP contribution is -2.35. The maximum Gasteiger partial charge on any atom is 0.259 e. The van der Waals surface area contributed by atoms with E-state index in [1.54, 1.807) is 10.8 Å². The number of carbonyl (C=O) groups is 1. The molecule has 0 bridgehead atoms. The second-order valence-corrected chi connectivity index (χ2v) is 6.99. The van der Waals surface area contributed by atoms with E-state index in [0.29, 0.717) is 12.5 Å². The third-order valence-corrected chi connectivity index (χ3v) is 5.16. The van der Waals surface area contributed by atoms with E-state index in [1.807, 2.05) is 0 Å². The SMILES string of the molecule is CCCOC(CC1CCC1)C(=O)NSSCCC. The number of ether oxygens (including phenoxy) is 1. The van der Waals surface area contributed by atoms with Crippen molar-refractivity contribution in [2.45, 2.75) is 58.5 Å². The van der Waals surface area contributed by atoms with Crippen molar-refractivity contribution in [3.05, 3.63) is 0 Å². The quantitative estimate of drug-likeness (QED) is 0.377. The van der Waals surface area contributed by atoms with Crippen LogP contribution in [0.3, 0.4) is 0 Å². The Bertz CT molecular complexity index is 235. The van der Waals surface area contributed by atoms with Gasteiger partial charge in [-0.1, -0.05) is 43.9 Å². The van der Waals surface area contributed by atoms with Gasteiger partial charge in [-0.2, -0.15) is 0 Å². The van der Waals surface area contributed by atoms with Crippen molar-refractivity contribution >= 4 is 27.7 Å². The van der Waals surface area contributed by atoms with Crippen LogP contribution >= 0.6 is 21.8 Å². The molecule has 1 unspecified atom stereocenters. The van der Waals surface area contributed by atoms with Gasteiger partial charge in [0, 0.05) is 23.3 Å². The van der Waals surface area contributed by atoms with E-state index in [2.05, 4.69) is 18.6 Å². The highest BCUT2D eigenvalue weighted by Crippen LogP contribution is 2.31. The van der Waals surface area contributed by atoms with Gasteiger partial charge in [0.1, 0.15) is 6.10 Å². The molecule has 106 valence electrons. The van der Waals surface area contributed by atoms with Gasteiger partial charge in [-0.15, -0.1) is 0 Å². The van der Waals surface area contributed by atoms with Crippen LogP contribution in [0.25, 0.3) is 0 Å². The van der Waals surface area contributed by atoms with Crippen LogP contribution in [0.1, 0.15) is 52.4 Å². The fourth-order valence-electron chi connectivity index (χ4n) is 1.80. The highest BCUT2D eigenvalue weighted by Gasteiger charge is 2.27. The minimum atomic E-state index is -0.245. The van der Waals surface area contributed by atoms with Gasteiger partial charge in [-0.3, -0.25) is 9.52 Å². The molecular formula is C13H25NO2S2. The van der Waals surface area contributed by atoms with Crippen LogP contribution in [0.15, 0.2) is 0 Å². The fourth-order valence-corrected chi connectivity index (χ4v) is 3.50. The van der Waals surface area contributed by atoms with Crippen molar-refractivity contribution in [3.8, 4) is 0 Å². The van der Waals surface area contributed by atoms with Gasteiger partial charge >= 0.3 is 0 Å². The van der Waals surface area contributed by atoms with Crippen molar-refractivity contribution in [1.29, 1.82) is 0 Å². The predicted octanol–water partition coefficient (Wildman–Crippen LogP) is 3.79. The zero-order chi connectivity index (χ0) is 13.2. The molecule has 1 amide bonds. The van der Waals surface area contributed by atoms with E-state index in [0.717, 1.165) is 25.0 Å². The summed E-state index contributed by atoms with van der Waals surface area (Å²) >= 11 is 0. The molecule has 0 aliphatic heterocycles. The second-order valence-electron chi connectivity index (χ2n) is 4.76. The van der Waals surface area contributed by atoms with Crippen LogP contribution in [0, 0.1) is 5.92 Å². The molecule has 0 aromatic carbocycles. The minimum Gasteiger partial charge on any atom is -0.368 e. The maximum atomic E-state index is 12.0. The van der Waals surface area contributed by atoms with E-state index in [9.17, 15) is 4.79 Å². The zero-order valence-electron chi connectivity index (χ0n) is 11.4. The van der Waals surface area contributed by atoms with Gasteiger partial charge in [-0.25, -0.2) is 0 Å². The van der Waals surface area contributed by atoms with E-state index >= 15 is 0 Å². The molecular weight excluding hydrogens is 266 g/mol. The van der Waals surface area contributed by atoms with Gasteiger partial charge < -0.3 is 4.74 Å². The largest absolute Gasteiger partial charge is 0.368 e. The highest BCUT2D eigenvalue weighted by atomic mass is 33.1. The molecule has 1 N–H and O–H groups in total. The summed E-state index contributed by atoms with van der Waals surface area (Å²) < 4.78 is 8.58. The Hall–Kier alpha value is 0.130. The number of nitrogens with one attached hydrogen (secondary N) is 1. The standard InChI is InChI=1S/C13H25NO2S2/c1-3-8-16-12(10-11-6-5-7-11)13(15)14-18-17-9-4-2/h11-12H,3-10H2,1-2H3,(H,14,15). The van der Waals surface area contributed by atoms with Crippen LogP contribution in [0.5, 0.6) is 0 Å². The topological polar surface area (TPSA) is 38.3 Å². The Balaban J connectivity index is 2.24. The Labute approximate surface area is 119 Å². The lowest BCUT2D eigenvalue weighted by atomic mass is 9.81. The molecule has 0 heterocycles. The third-order valence-electron chi connectivity index (χ3n) is 3.08. The van der Waals surface area contributed by atoms with Crippen molar-refractivity contribution in [3.63, 3.8) is 0 Å². The average molecular weight is 291 g/mol. The smallest absolute Gasteiger partial charge is 0.259 e. The predicted molar refractivity (Wildman–Crippen MR) is 80.5 cm³/mol. The molecule has 5 heteroatoms. The van der Waals surface area contributed by atoms with Gasteiger partial charge in [0.2, 0.25) is 0 Å². The molecule has 1 atom stereocenters. The summed E-state index contributed by atoms with van der Waals surface area (Å²) in [6.07, 6.45) is 6.58. The normalized spacial score (nSPS) is 17.2. The molecule has 1 fully saturated rings. The molecule has 0 saturated heterocycles. The summed E-state index contributed by atoms with van der Waals surface area (Å²) in [6.45, 7) is 4.89. The molecule has 1 aliphatic rings. The van der Waals surface area contributed by atoms with Crippen molar-refractivity contribution in [2.24, 2.45) is 5.92 Å². The minimum absolute atomic E-state index is 0.0453. The van der Waals surface area contributed by atoms with E-state index < -0.39 is 0 Å². The lowest BCUT2D eigenvalue weighted by molar-refractivity contribution is -0.132. The van der Waals surface area contributed by atoms with E-state index in [-0.39, 0.29) is 12.0 Å². The molecule has 1 saturated carbocycles. The first-order valence-electron chi connectivity index (χ1n) is 6.97. The maximum absolute atomic E-state index is 12.0. The lowest BCUT2D eigenvalue weighted by Gasteiger charge is -2.28. The summed E-state index contributed by atoms with van der Waals surface area (Å²) in [7, 11) is 3.13. The monoisotopic (exact) mass is 291 g/mol. The third kappa shape index (κ3) is 6.34. The zero-order valence-corrected chi connectivity index (χ0v) is 13.1. The van der Waals surface area contributed by atoms with Crippen molar-refractivity contribution in [2.75, 3.05) is 12.4 Å². The molecule has 18 heavy (non-hydrogen) atoms. The number of rotatable bonds is 10. The van der Waals surface area contributed by atoms with Crippen LogP contribution in [-0.4, -0.2) is 24.4 Å². The van der Waals surface area contributed by atoms with Gasteiger partial charge in [0.05, 0.1) is 0 Å². The van der Waals surface area contributed by atoms with E-state index in [4.69, 9.17) is 4.74 Å². The summed E-state index contributed by atoms with van der Waals surface area (Å²) in [4.78, 5) is 12.0. The first-order valence-corrected chi connectivity index (χ1v) is 9.29. The Morgan fingerprint density at radius 2 is 2.17 bits per heavy atom. The number of hydrogen-bond donors (Lipinski definition) is 1. The highest BCUT2D eigenvalue weighted by molar-refractivity contribution is 8.76. The second kappa shape index (κ2) is 9.98. The molecule has 1 aliphatic carbocycles. The average Bonchev–Trinajstić information content (AvgIpc) is 2.32. The first kappa shape index (κ1) is 16.2. The van der Waals surface area contributed by atoms with Gasteiger partial charge in [0.15, 0.2) is 0 Å². The van der Waals surface area contributed by atoms with Crippen LogP contribution < -0.4 is 4.72 Å². The number of hydrogen-bond acceptors (Lipinski definition) is 4. The molecule has 0 spiro atoms. The molecule has 0 aromatic heterocycles. The fraction of sp³-hybridized carbons (Fsp3) is 0.923. The number of amides is 1. The Morgan fingerprint density at radius 3 is 2.72 bits per heavy atom. The van der Waals surface area contributed by atoms with E-state index in [1.165, 1.54) is 30.2 Å². The number of carbonyl (C=O) groups excluding carboxylic acids is 1. The molecule has 0 radical (unpaired) electrons. The summed E-state index contributed by atoms with van der Waals surface area (Å²) in [6, 6.07) is 0. The molecule has 3 nitrogen and oxygen atoms in total. The van der Waals surface area contributed by atoms with Crippen LogP contribution in [0.4, 0.5) is 0 Å². The Morgan fingerprint density at radius 1 is 1.39 bits per heavy atom. The summed E-state index contributed by atoms with van der Waals surface area (Å²) in [5, 5.41) is 0. The Kier molecular flexibility index (Phi) is 8.98. The summed E-state index contributed by atoms with van der Waals surface area (Å²) in [5.41, 5.74) is 0. The van der Waals surface area contributed by atoms with Gasteiger partial charge in [-0.05, 0) is 25.2 Å². The van der Waals surface area contributed by atoms with Crippen LogP contribution in [0.2, 0.25) is 0 Å².